The van der Waals surface area contributed by atoms with E-state index in [0.717, 1.165) is 6.07 Å². The molecule has 0 spiro atoms. The Morgan fingerprint density at radius 3 is 2.43 bits per heavy atom. The number of aromatic carboxylic acids is 1. The predicted octanol–water partition coefficient (Wildman–Crippen LogP) is 2.96. The number of carbonyl (C=O) groups is 2. The molecule has 0 aromatic heterocycles. The molecule has 108 valence electrons. The van der Waals surface area contributed by atoms with Crippen molar-refractivity contribution in [2.75, 3.05) is 11.1 Å². The molecule has 4 N–H and O–H groups in total. The fourth-order valence-corrected chi connectivity index (χ4v) is 2.44. The van der Waals surface area contributed by atoms with Crippen molar-refractivity contribution in [1.82, 2.24) is 0 Å². The Labute approximate surface area is 133 Å². The molecule has 0 bridgehead atoms. The molecule has 7 heteroatoms. The molecule has 21 heavy (non-hydrogen) atoms. The second kappa shape index (κ2) is 6.08. The lowest BCUT2D eigenvalue weighted by atomic mass is 10.1. The quantitative estimate of drug-likeness (QED) is 0.546. The summed E-state index contributed by atoms with van der Waals surface area (Å²) in [6.07, 6.45) is 0. The first-order valence-electron chi connectivity index (χ1n) is 5.77. The van der Waals surface area contributed by atoms with E-state index in [2.05, 4.69) is 5.32 Å². The van der Waals surface area contributed by atoms with Gasteiger partial charge in [-0.3, -0.25) is 4.79 Å². The molecule has 0 aliphatic heterocycles. The van der Waals surface area contributed by atoms with Crippen LogP contribution in [-0.2, 0) is 0 Å². The highest BCUT2D eigenvalue weighted by molar-refractivity contribution is 14.1. The minimum Gasteiger partial charge on any atom is -0.478 e. The highest BCUT2D eigenvalue weighted by Crippen LogP contribution is 2.21. The number of hydrogen-bond acceptors (Lipinski definition) is 3. The average Bonchev–Trinajstić information content (AvgIpc) is 2.37. The second-order valence-corrected chi connectivity index (χ2v) is 5.35. The topological polar surface area (TPSA) is 92.4 Å². The molecule has 0 aliphatic rings. The van der Waals surface area contributed by atoms with Gasteiger partial charge < -0.3 is 16.2 Å². The van der Waals surface area contributed by atoms with Crippen LogP contribution in [0, 0.1) is 9.39 Å². The van der Waals surface area contributed by atoms with Crippen molar-refractivity contribution in [3.05, 3.63) is 56.9 Å². The number of nitrogen functional groups attached to an aromatic ring is 1. The van der Waals surface area contributed by atoms with Gasteiger partial charge in [0.05, 0.1) is 16.8 Å². The SMILES string of the molecule is Nc1ccc(C(=O)O)c(NC(=O)c2ccc(F)cc2I)c1. The van der Waals surface area contributed by atoms with E-state index in [4.69, 9.17) is 10.8 Å². The summed E-state index contributed by atoms with van der Waals surface area (Å²) < 4.78 is 13.5. The number of carboxylic acids is 1. The number of carbonyl (C=O) groups excluding carboxylic acids is 1. The lowest BCUT2D eigenvalue weighted by molar-refractivity contribution is 0.0698. The Balaban J connectivity index is 2.35. The summed E-state index contributed by atoms with van der Waals surface area (Å²) in [6.45, 7) is 0. The molecule has 2 rings (SSSR count). The van der Waals surface area contributed by atoms with Gasteiger partial charge in [-0.05, 0) is 59.0 Å². The molecule has 5 nitrogen and oxygen atoms in total. The van der Waals surface area contributed by atoms with Crippen LogP contribution in [0.1, 0.15) is 20.7 Å². The minimum atomic E-state index is -1.18. The summed E-state index contributed by atoms with van der Waals surface area (Å²) in [6, 6.07) is 7.81. The van der Waals surface area contributed by atoms with Crippen molar-refractivity contribution < 1.29 is 19.1 Å². The van der Waals surface area contributed by atoms with Crippen LogP contribution in [0.4, 0.5) is 15.8 Å². The van der Waals surface area contributed by atoms with Crippen LogP contribution in [0.25, 0.3) is 0 Å². The highest BCUT2D eigenvalue weighted by Gasteiger charge is 2.16. The predicted molar refractivity (Wildman–Crippen MR) is 84.9 cm³/mol. The molecule has 0 atom stereocenters. The van der Waals surface area contributed by atoms with Gasteiger partial charge in [-0.25, -0.2) is 9.18 Å². The number of rotatable bonds is 3. The first kappa shape index (κ1) is 15.2. The molecule has 0 heterocycles. The third-order valence-corrected chi connectivity index (χ3v) is 3.59. The summed E-state index contributed by atoms with van der Waals surface area (Å²) in [7, 11) is 0. The van der Waals surface area contributed by atoms with Crippen molar-refractivity contribution in [2.24, 2.45) is 0 Å². The smallest absolute Gasteiger partial charge is 0.337 e. The van der Waals surface area contributed by atoms with Gasteiger partial charge in [-0.2, -0.15) is 0 Å². The molecule has 0 aliphatic carbocycles. The normalized spacial score (nSPS) is 10.2. The van der Waals surface area contributed by atoms with Crippen LogP contribution >= 0.6 is 22.6 Å². The Morgan fingerprint density at radius 2 is 1.81 bits per heavy atom. The van der Waals surface area contributed by atoms with Gasteiger partial charge in [0.1, 0.15) is 5.82 Å². The maximum atomic E-state index is 13.0. The van der Waals surface area contributed by atoms with E-state index in [0.29, 0.717) is 9.26 Å². The number of nitrogens with two attached hydrogens (primary N) is 1. The molecule has 0 fully saturated rings. The summed E-state index contributed by atoms with van der Waals surface area (Å²) >= 11 is 1.83. The van der Waals surface area contributed by atoms with Crippen molar-refractivity contribution in [2.45, 2.75) is 0 Å². The molecule has 0 saturated carbocycles. The van der Waals surface area contributed by atoms with Gasteiger partial charge in [0.25, 0.3) is 5.91 Å². The number of nitrogens with one attached hydrogen (secondary N) is 1. The van der Waals surface area contributed by atoms with Gasteiger partial charge in [-0.1, -0.05) is 0 Å². The third kappa shape index (κ3) is 3.48. The third-order valence-electron chi connectivity index (χ3n) is 2.70. The van der Waals surface area contributed by atoms with Crippen LogP contribution in [0.2, 0.25) is 0 Å². The fourth-order valence-electron chi connectivity index (χ4n) is 1.72. The molecule has 0 unspecified atom stereocenters. The van der Waals surface area contributed by atoms with E-state index < -0.39 is 17.7 Å². The monoisotopic (exact) mass is 400 g/mol. The Morgan fingerprint density at radius 1 is 1.14 bits per heavy atom. The van der Waals surface area contributed by atoms with Gasteiger partial charge in [0, 0.05) is 9.26 Å². The van der Waals surface area contributed by atoms with Gasteiger partial charge >= 0.3 is 5.97 Å². The van der Waals surface area contributed by atoms with Crippen LogP contribution in [-0.4, -0.2) is 17.0 Å². The van der Waals surface area contributed by atoms with Crippen molar-refractivity contribution >= 4 is 45.8 Å². The lowest BCUT2D eigenvalue weighted by Crippen LogP contribution is -2.16. The standard InChI is InChI=1S/C14H10FIN2O3/c15-7-1-3-9(11(16)5-7)13(19)18-12-6-8(17)2-4-10(12)14(20)21/h1-6H,17H2,(H,18,19)(H,20,21). The van der Waals surface area contributed by atoms with Crippen LogP contribution in [0.5, 0.6) is 0 Å². The number of hydrogen-bond donors (Lipinski definition) is 3. The molecular formula is C14H10FIN2O3. The highest BCUT2D eigenvalue weighted by atomic mass is 127. The summed E-state index contributed by atoms with van der Waals surface area (Å²) in [5.74, 6) is -2.17. The van der Waals surface area contributed by atoms with E-state index in [-0.39, 0.29) is 16.8 Å². The van der Waals surface area contributed by atoms with E-state index in [9.17, 15) is 14.0 Å². The molecule has 2 aromatic carbocycles. The second-order valence-electron chi connectivity index (χ2n) is 4.19. The summed E-state index contributed by atoms with van der Waals surface area (Å²) in [5.41, 5.74) is 6.18. The zero-order chi connectivity index (χ0) is 15.6. The van der Waals surface area contributed by atoms with E-state index in [1.165, 1.54) is 30.3 Å². The lowest BCUT2D eigenvalue weighted by Gasteiger charge is -2.10. The Bertz CT molecular complexity index is 734. The van der Waals surface area contributed by atoms with Crippen molar-refractivity contribution in [3.63, 3.8) is 0 Å². The Kier molecular flexibility index (Phi) is 4.41. The van der Waals surface area contributed by atoms with Crippen LogP contribution < -0.4 is 11.1 Å². The molecular weight excluding hydrogens is 390 g/mol. The first-order valence-corrected chi connectivity index (χ1v) is 6.85. The number of benzene rings is 2. The zero-order valence-electron chi connectivity index (χ0n) is 10.6. The van der Waals surface area contributed by atoms with E-state index in [1.54, 1.807) is 0 Å². The summed E-state index contributed by atoms with van der Waals surface area (Å²) in [4.78, 5) is 23.3. The Hall–Kier alpha value is -2.16. The molecule has 2 aromatic rings. The number of carboxylic acid groups (broad SMARTS) is 1. The minimum absolute atomic E-state index is 0.0744. The van der Waals surface area contributed by atoms with Gasteiger partial charge in [-0.15, -0.1) is 0 Å². The van der Waals surface area contributed by atoms with Gasteiger partial charge in [0.15, 0.2) is 0 Å². The van der Waals surface area contributed by atoms with Crippen molar-refractivity contribution in [1.29, 1.82) is 0 Å². The average molecular weight is 400 g/mol. The number of amides is 1. The maximum absolute atomic E-state index is 13.0. The molecule has 0 saturated heterocycles. The molecule has 0 radical (unpaired) electrons. The largest absolute Gasteiger partial charge is 0.478 e. The van der Waals surface area contributed by atoms with Crippen LogP contribution in [0.15, 0.2) is 36.4 Å². The summed E-state index contributed by atoms with van der Waals surface area (Å²) in [5, 5.41) is 11.6. The van der Waals surface area contributed by atoms with E-state index in [1.807, 2.05) is 22.6 Å². The van der Waals surface area contributed by atoms with Crippen molar-refractivity contribution in [3.8, 4) is 0 Å². The van der Waals surface area contributed by atoms with E-state index >= 15 is 0 Å². The number of halogens is 2. The van der Waals surface area contributed by atoms with Crippen LogP contribution in [0.3, 0.4) is 0 Å². The zero-order valence-corrected chi connectivity index (χ0v) is 12.7. The fraction of sp³-hybridized carbons (Fsp3) is 0. The molecule has 1 amide bonds. The maximum Gasteiger partial charge on any atom is 0.337 e. The number of anilines is 2. The first-order chi connectivity index (χ1) is 9.88. The van der Waals surface area contributed by atoms with Gasteiger partial charge in [0.2, 0.25) is 0 Å².